The van der Waals surface area contributed by atoms with Gasteiger partial charge in [-0.3, -0.25) is 0 Å². The minimum absolute atomic E-state index is 0.0875. The maximum absolute atomic E-state index is 10.6. The molecule has 2 heterocycles. The number of aliphatic hydroxyl groups is 1. The van der Waals surface area contributed by atoms with Gasteiger partial charge >= 0.3 is 5.97 Å². The predicted molar refractivity (Wildman–Crippen MR) is 55.5 cm³/mol. The topological polar surface area (TPSA) is 86.8 Å². The number of hydrogen-bond acceptors (Lipinski definition) is 5. The Hall–Kier alpha value is -1.56. The van der Waals surface area contributed by atoms with Gasteiger partial charge in [0, 0.05) is 19.0 Å². The molecule has 2 N–H and O–H groups in total. The van der Waals surface area contributed by atoms with Gasteiger partial charge in [-0.15, -0.1) is 0 Å². The number of aromatic carboxylic acids is 1. The maximum atomic E-state index is 10.6. The average molecular weight is 226 g/mol. The van der Waals surface area contributed by atoms with Crippen LogP contribution < -0.4 is 4.90 Å². The number of rotatable bonds is 3. The summed E-state index contributed by atoms with van der Waals surface area (Å²) in [5, 5.41) is 18.1. The molecule has 6 heteroatoms. The lowest BCUT2D eigenvalue weighted by atomic mass is 10.0. The molecule has 0 radical (unpaired) electrons. The van der Waals surface area contributed by atoms with E-state index in [1.54, 1.807) is 6.92 Å². The molecule has 0 aromatic carbocycles. The van der Waals surface area contributed by atoms with Crippen molar-refractivity contribution in [2.24, 2.45) is 5.92 Å². The van der Waals surface area contributed by atoms with E-state index in [9.17, 15) is 9.90 Å². The highest BCUT2D eigenvalue weighted by atomic mass is 16.4. The summed E-state index contributed by atoms with van der Waals surface area (Å²) in [6, 6.07) is 0.320. The molecule has 0 spiro atoms. The summed E-state index contributed by atoms with van der Waals surface area (Å²) in [6.45, 7) is 3.14. The highest BCUT2D eigenvalue weighted by molar-refractivity contribution is 5.85. The molecule has 16 heavy (non-hydrogen) atoms. The van der Waals surface area contributed by atoms with E-state index in [-0.39, 0.29) is 17.7 Å². The van der Waals surface area contributed by atoms with E-state index in [2.05, 4.69) is 4.98 Å². The lowest BCUT2D eigenvalue weighted by molar-refractivity contribution is 0.0690. The van der Waals surface area contributed by atoms with Crippen LogP contribution in [0.4, 0.5) is 6.01 Å². The number of aromatic nitrogens is 1. The van der Waals surface area contributed by atoms with Crippen molar-refractivity contribution in [1.82, 2.24) is 4.98 Å². The van der Waals surface area contributed by atoms with Gasteiger partial charge in [-0.25, -0.2) is 4.79 Å². The first-order valence-electron chi connectivity index (χ1n) is 5.19. The fourth-order valence-electron chi connectivity index (χ4n) is 1.86. The van der Waals surface area contributed by atoms with Crippen molar-refractivity contribution in [3.63, 3.8) is 0 Å². The van der Waals surface area contributed by atoms with Crippen molar-refractivity contribution in [2.45, 2.75) is 19.4 Å². The Balaban J connectivity index is 2.06. The second kappa shape index (κ2) is 4.13. The summed E-state index contributed by atoms with van der Waals surface area (Å²) in [6.07, 6.45) is 1.63. The zero-order valence-corrected chi connectivity index (χ0v) is 8.96. The SMILES string of the molecule is CC(O)C1CCN(c2nc(C(=O)O)co2)C1. The molecule has 1 aliphatic heterocycles. The van der Waals surface area contributed by atoms with E-state index in [0.29, 0.717) is 12.6 Å². The van der Waals surface area contributed by atoms with Gasteiger partial charge in [0.05, 0.1) is 6.10 Å². The van der Waals surface area contributed by atoms with Gasteiger partial charge in [-0.1, -0.05) is 0 Å². The van der Waals surface area contributed by atoms with Gasteiger partial charge in [-0.05, 0) is 13.3 Å². The minimum atomic E-state index is -1.10. The Labute approximate surface area is 92.5 Å². The molecule has 0 aliphatic carbocycles. The highest BCUT2D eigenvalue weighted by Gasteiger charge is 2.29. The monoisotopic (exact) mass is 226 g/mol. The van der Waals surface area contributed by atoms with Crippen LogP contribution in [0.25, 0.3) is 0 Å². The second-order valence-electron chi connectivity index (χ2n) is 4.06. The Morgan fingerprint density at radius 3 is 3.00 bits per heavy atom. The lowest BCUT2D eigenvalue weighted by Crippen LogP contribution is -2.24. The second-order valence-corrected chi connectivity index (χ2v) is 4.06. The Kier molecular flexibility index (Phi) is 2.82. The van der Waals surface area contributed by atoms with Gasteiger partial charge in [0.15, 0.2) is 5.69 Å². The first-order chi connectivity index (χ1) is 7.58. The molecule has 0 saturated carbocycles. The molecule has 88 valence electrons. The summed E-state index contributed by atoms with van der Waals surface area (Å²) >= 11 is 0. The zero-order chi connectivity index (χ0) is 11.7. The summed E-state index contributed by atoms with van der Waals surface area (Å²) < 4.78 is 5.09. The molecular weight excluding hydrogens is 212 g/mol. The first kappa shape index (κ1) is 10.9. The Morgan fingerprint density at radius 1 is 1.75 bits per heavy atom. The molecule has 1 aliphatic rings. The molecule has 0 bridgehead atoms. The highest BCUT2D eigenvalue weighted by Crippen LogP contribution is 2.25. The van der Waals surface area contributed by atoms with Crippen LogP contribution in [0, 0.1) is 5.92 Å². The molecule has 2 rings (SSSR count). The smallest absolute Gasteiger partial charge is 0.357 e. The average Bonchev–Trinajstić information content (AvgIpc) is 2.86. The third kappa shape index (κ3) is 2.01. The van der Waals surface area contributed by atoms with Crippen LogP contribution in [0.5, 0.6) is 0 Å². The molecular formula is C10H14N2O4. The number of nitrogens with zero attached hydrogens (tertiary/aromatic N) is 2. The van der Waals surface area contributed by atoms with Crippen molar-refractivity contribution in [2.75, 3.05) is 18.0 Å². The number of carbonyl (C=O) groups is 1. The predicted octanol–water partition coefficient (Wildman–Crippen LogP) is 0.580. The molecule has 1 aromatic heterocycles. The van der Waals surface area contributed by atoms with Crippen LogP contribution in [0.15, 0.2) is 10.7 Å². The van der Waals surface area contributed by atoms with Gasteiger partial charge < -0.3 is 19.5 Å². The van der Waals surface area contributed by atoms with E-state index in [1.165, 1.54) is 0 Å². The maximum Gasteiger partial charge on any atom is 0.357 e. The summed E-state index contributed by atoms with van der Waals surface area (Å²) in [4.78, 5) is 16.3. The third-order valence-electron chi connectivity index (χ3n) is 2.89. The zero-order valence-electron chi connectivity index (χ0n) is 8.96. The Morgan fingerprint density at radius 2 is 2.50 bits per heavy atom. The van der Waals surface area contributed by atoms with Gasteiger partial charge in [0.25, 0.3) is 6.01 Å². The normalized spacial score (nSPS) is 22.4. The molecule has 0 amide bonds. The van der Waals surface area contributed by atoms with Crippen LogP contribution in [-0.2, 0) is 0 Å². The number of oxazole rings is 1. The fraction of sp³-hybridized carbons (Fsp3) is 0.600. The number of anilines is 1. The summed E-state index contributed by atoms with van der Waals surface area (Å²) in [5.74, 6) is -0.901. The number of aliphatic hydroxyl groups excluding tert-OH is 1. The van der Waals surface area contributed by atoms with E-state index >= 15 is 0 Å². The molecule has 6 nitrogen and oxygen atoms in total. The van der Waals surface area contributed by atoms with E-state index in [4.69, 9.17) is 9.52 Å². The molecule has 1 aromatic rings. The van der Waals surface area contributed by atoms with E-state index in [1.807, 2.05) is 4.90 Å². The summed E-state index contributed by atoms with van der Waals surface area (Å²) in [5.41, 5.74) is -0.0875. The van der Waals surface area contributed by atoms with Crippen LogP contribution >= 0.6 is 0 Å². The molecule has 2 atom stereocenters. The van der Waals surface area contributed by atoms with Gasteiger partial charge in [-0.2, -0.15) is 4.98 Å². The van der Waals surface area contributed by atoms with Crippen molar-refractivity contribution in [1.29, 1.82) is 0 Å². The van der Waals surface area contributed by atoms with Crippen LogP contribution in [0.3, 0.4) is 0 Å². The lowest BCUT2D eigenvalue weighted by Gasteiger charge is -2.15. The van der Waals surface area contributed by atoms with Crippen molar-refractivity contribution in [3.05, 3.63) is 12.0 Å². The van der Waals surface area contributed by atoms with Crippen molar-refractivity contribution >= 4 is 12.0 Å². The van der Waals surface area contributed by atoms with E-state index in [0.717, 1.165) is 19.2 Å². The van der Waals surface area contributed by atoms with Gasteiger partial charge in [0.1, 0.15) is 6.26 Å². The van der Waals surface area contributed by atoms with Crippen molar-refractivity contribution < 1.29 is 19.4 Å². The Bertz CT molecular complexity index is 388. The van der Waals surface area contributed by atoms with Gasteiger partial charge in [0.2, 0.25) is 0 Å². The number of hydrogen-bond donors (Lipinski definition) is 2. The summed E-state index contributed by atoms with van der Waals surface area (Å²) in [7, 11) is 0. The first-order valence-corrected chi connectivity index (χ1v) is 5.19. The molecule has 1 fully saturated rings. The van der Waals surface area contributed by atoms with Crippen LogP contribution in [0.1, 0.15) is 23.8 Å². The quantitative estimate of drug-likeness (QED) is 0.784. The molecule has 1 saturated heterocycles. The number of carboxylic acid groups (broad SMARTS) is 1. The van der Waals surface area contributed by atoms with Crippen LogP contribution in [-0.4, -0.2) is 40.4 Å². The molecule has 2 unspecified atom stereocenters. The van der Waals surface area contributed by atoms with Crippen molar-refractivity contribution in [3.8, 4) is 0 Å². The van der Waals surface area contributed by atoms with Crippen LogP contribution in [0.2, 0.25) is 0 Å². The largest absolute Gasteiger partial charge is 0.476 e. The standard InChI is InChI=1S/C10H14N2O4/c1-6(13)7-2-3-12(4-7)10-11-8(5-16-10)9(14)15/h5-7,13H,2-4H2,1H3,(H,14,15). The minimum Gasteiger partial charge on any atom is -0.476 e. The fourth-order valence-corrected chi connectivity index (χ4v) is 1.86. The third-order valence-corrected chi connectivity index (χ3v) is 2.89. The number of carboxylic acids is 1. The van der Waals surface area contributed by atoms with E-state index < -0.39 is 5.97 Å².